The fraction of sp³-hybridized carbons (Fsp3) is 0.333. The first-order valence-electron chi connectivity index (χ1n) is 13.8. The van der Waals surface area contributed by atoms with Gasteiger partial charge >= 0.3 is 0 Å². The molecular formula is C33H38N2O6. The van der Waals surface area contributed by atoms with Crippen molar-refractivity contribution in [2.45, 2.75) is 32.9 Å². The molecule has 1 amide bonds. The third kappa shape index (κ3) is 6.89. The molecule has 1 aliphatic heterocycles. The third-order valence-electron chi connectivity index (χ3n) is 6.96. The lowest BCUT2D eigenvalue weighted by atomic mass is 9.95. The average molecular weight is 559 g/mol. The van der Waals surface area contributed by atoms with Gasteiger partial charge in [0, 0.05) is 12.1 Å². The Morgan fingerprint density at radius 1 is 0.976 bits per heavy atom. The predicted octanol–water partition coefficient (Wildman–Crippen LogP) is 5.35. The smallest absolute Gasteiger partial charge is 0.295 e. The zero-order valence-corrected chi connectivity index (χ0v) is 24.3. The molecule has 1 saturated heterocycles. The molecule has 8 nitrogen and oxygen atoms in total. The van der Waals surface area contributed by atoms with Gasteiger partial charge in [-0.05, 0) is 88.4 Å². The van der Waals surface area contributed by atoms with Gasteiger partial charge in [-0.25, -0.2) is 0 Å². The molecule has 0 spiro atoms. The summed E-state index contributed by atoms with van der Waals surface area (Å²) in [6, 6.07) is 19.5. The summed E-state index contributed by atoms with van der Waals surface area (Å²) in [4.78, 5) is 30.2. The molecule has 216 valence electrons. The number of aliphatic hydroxyl groups is 1. The van der Waals surface area contributed by atoms with Gasteiger partial charge in [-0.3, -0.25) is 9.59 Å². The molecule has 0 saturated carbocycles. The Morgan fingerprint density at radius 3 is 2.39 bits per heavy atom. The molecule has 3 aromatic rings. The minimum atomic E-state index is -0.779. The summed E-state index contributed by atoms with van der Waals surface area (Å²) < 4.78 is 17.1. The van der Waals surface area contributed by atoms with Crippen LogP contribution in [0, 0.1) is 6.92 Å². The van der Waals surface area contributed by atoms with Crippen LogP contribution in [0.25, 0.3) is 5.76 Å². The summed E-state index contributed by atoms with van der Waals surface area (Å²) >= 11 is 0. The van der Waals surface area contributed by atoms with E-state index in [0.717, 1.165) is 17.7 Å². The van der Waals surface area contributed by atoms with Crippen molar-refractivity contribution in [2.75, 3.05) is 40.9 Å². The lowest BCUT2D eigenvalue weighted by Gasteiger charge is -2.26. The molecule has 1 N–H and O–H groups in total. The van der Waals surface area contributed by atoms with Crippen molar-refractivity contribution in [3.63, 3.8) is 0 Å². The van der Waals surface area contributed by atoms with Gasteiger partial charge in [0.2, 0.25) is 0 Å². The second-order valence-corrected chi connectivity index (χ2v) is 10.3. The number of amides is 1. The number of rotatable bonds is 12. The van der Waals surface area contributed by atoms with Crippen molar-refractivity contribution >= 4 is 17.4 Å². The first-order chi connectivity index (χ1) is 19.7. The normalized spacial score (nSPS) is 16.3. The van der Waals surface area contributed by atoms with Gasteiger partial charge in [-0.15, -0.1) is 0 Å². The van der Waals surface area contributed by atoms with Crippen LogP contribution in [0.2, 0.25) is 0 Å². The van der Waals surface area contributed by atoms with E-state index in [1.165, 1.54) is 12.0 Å². The molecule has 0 radical (unpaired) electrons. The molecule has 1 aliphatic rings. The highest BCUT2D eigenvalue weighted by Crippen LogP contribution is 2.42. The highest BCUT2D eigenvalue weighted by molar-refractivity contribution is 6.46. The molecule has 1 atom stereocenters. The number of Topliss-reactive ketones (excluding diaryl/α,β-unsaturated/α-hetero) is 1. The number of ether oxygens (including phenoxy) is 3. The van der Waals surface area contributed by atoms with E-state index in [-0.39, 0.29) is 11.3 Å². The average Bonchev–Trinajstić information content (AvgIpc) is 3.21. The number of aliphatic hydroxyl groups excluding tert-OH is 1. The van der Waals surface area contributed by atoms with Crippen molar-refractivity contribution in [2.24, 2.45) is 0 Å². The van der Waals surface area contributed by atoms with Crippen molar-refractivity contribution in [1.82, 2.24) is 9.80 Å². The number of carbonyl (C=O) groups is 2. The summed E-state index contributed by atoms with van der Waals surface area (Å²) in [7, 11) is 5.45. The van der Waals surface area contributed by atoms with E-state index in [0.29, 0.717) is 54.6 Å². The topological polar surface area (TPSA) is 88.5 Å². The van der Waals surface area contributed by atoms with Crippen molar-refractivity contribution in [3.8, 4) is 17.2 Å². The van der Waals surface area contributed by atoms with E-state index in [1.807, 2.05) is 51.0 Å². The Balaban J connectivity index is 1.68. The fourth-order valence-electron chi connectivity index (χ4n) is 4.98. The summed E-state index contributed by atoms with van der Waals surface area (Å²) in [5, 5.41) is 11.4. The fourth-order valence-corrected chi connectivity index (χ4v) is 4.98. The van der Waals surface area contributed by atoms with E-state index in [1.54, 1.807) is 42.5 Å². The second-order valence-electron chi connectivity index (χ2n) is 10.3. The molecule has 0 aromatic heterocycles. The first kappa shape index (κ1) is 29.7. The van der Waals surface area contributed by atoms with E-state index in [9.17, 15) is 14.7 Å². The Labute approximate surface area is 241 Å². The maximum absolute atomic E-state index is 13.4. The molecule has 3 aromatic carbocycles. The molecule has 8 heteroatoms. The maximum Gasteiger partial charge on any atom is 0.295 e. The molecule has 4 rings (SSSR count). The lowest BCUT2D eigenvalue weighted by molar-refractivity contribution is -0.139. The Hall–Kier alpha value is -4.30. The van der Waals surface area contributed by atoms with E-state index in [2.05, 4.69) is 6.07 Å². The van der Waals surface area contributed by atoms with E-state index >= 15 is 0 Å². The second kappa shape index (κ2) is 13.4. The highest BCUT2D eigenvalue weighted by atomic mass is 16.5. The first-order valence-corrected chi connectivity index (χ1v) is 13.8. The zero-order valence-electron chi connectivity index (χ0n) is 24.3. The van der Waals surface area contributed by atoms with Gasteiger partial charge in [0.05, 0.1) is 25.3 Å². The van der Waals surface area contributed by atoms with Gasteiger partial charge in [-0.2, -0.15) is 0 Å². The van der Waals surface area contributed by atoms with Gasteiger partial charge in [0.15, 0.2) is 11.5 Å². The van der Waals surface area contributed by atoms with E-state index < -0.39 is 17.7 Å². The van der Waals surface area contributed by atoms with Crippen LogP contribution in [0.3, 0.4) is 0 Å². The molecule has 0 aliphatic carbocycles. The van der Waals surface area contributed by atoms with Crippen LogP contribution in [-0.2, 0) is 16.2 Å². The minimum absolute atomic E-state index is 0.0412. The van der Waals surface area contributed by atoms with Gasteiger partial charge in [-0.1, -0.05) is 35.9 Å². The van der Waals surface area contributed by atoms with Gasteiger partial charge < -0.3 is 29.1 Å². The quantitative estimate of drug-likeness (QED) is 0.182. The summed E-state index contributed by atoms with van der Waals surface area (Å²) in [6.07, 6.45) is 0.664. The molecule has 0 bridgehead atoms. The molecule has 1 unspecified atom stereocenters. The number of nitrogens with zero attached hydrogens (tertiary/aromatic N) is 2. The van der Waals surface area contributed by atoms with Gasteiger partial charge in [0.25, 0.3) is 11.7 Å². The third-order valence-corrected chi connectivity index (χ3v) is 6.96. The van der Waals surface area contributed by atoms with Crippen LogP contribution >= 0.6 is 0 Å². The number of benzene rings is 3. The number of methoxy groups -OCH3 is 1. The predicted molar refractivity (Wildman–Crippen MR) is 158 cm³/mol. The lowest BCUT2D eigenvalue weighted by Crippen LogP contribution is -2.32. The molecule has 1 fully saturated rings. The summed E-state index contributed by atoms with van der Waals surface area (Å²) in [5.74, 6) is 0.0793. The van der Waals surface area contributed by atoms with Gasteiger partial charge in [0.1, 0.15) is 18.1 Å². The molecular weight excluding hydrogens is 520 g/mol. The SMILES string of the molecule is CCOc1ccc(C2/C(=C(\O)c3ccc(OCc4cccc(C)c4)cc3)C(=O)C(=O)N2CCCN(C)C)cc1OC. The number of aryl methyl sites for hydroxylation is 1. The number of ketones is 1. The van der Waals surface area contributed by atoms with Crippen LogP contribution in [0.1, 0.15) is 41.6 Å². The summed E-state index contributed by atoms with van der Waals surface area (Å²) in [6.45, 7) is 5.88. The monoisotopic (exact) mass is 558 g/mol. The van der Waals surface area contributed by atoms with Crippen LogP contribution < -0.4 is 14.2 Å². The number of hydrogen-bond acceptors (Lipinski definition) is 7. The standard InChI is InChI=1S/C33H38N2O6/c1-6-40-27-16-13-25(20-28(27)39-5)30-29(32(37)33(38)35(30)18-8-17-34(3)4)31(36)24-11-14-26(15-12-24)41-21-23-10-7-9-22(2)19-23/h7,9-16,19-20,30,36H,6,8,17-18,21H2,1-5H3/b31-29+. The maximum atomic E-state index is 13.4. The molecule has 41 heavy (non-hydrogen) atoms. The van der Waals surface area contributed by atoms with E-state index in [4.69, 9.17) is 14.2 Å². The summed E-state index contributed by atoms with van der Waals surface area (Å²) in [5.41, 5.74) is 3.32. The largest absolute Gasteiger partial charge is 0.507 e. The Bertz CT molecular complexity index is 1410. The van der Waals surface area contributed by atoms with Crippen LogP contribution in [-0.4, -0.2) is 67.5 Å². The molecule has 1 heterocycles. The van der Waals surface area contributed by atoms with Crippen molar-refractivity contribution in [3.05, 3.63) is 94.6 Å². The van der Waals surface area contributed by atoms with Crippen LogP contribution in [0.15, 0.2) is 72.3 Å². The number of hydrogen-bond donors (Lipinski definition) is 1. The zero-order chi connectivity index (χ0) is 29.5. The highest BCUT2D eigenvalue weighted by Gasteiger charge is 2.46. The van der Waals surface area contributed by atoms with Crippen molar-refractivity contribution < 1.29 is 28.9 Å². The van der Waals surface area contributed by atoms with Crippen molar-refractivity contribution in [1.29, 1.82) is 0 Å². The van der Waals surface area contributed by atoms with Crippen LogP contribution in [0.4, 0.5) is 0 Å². The Morgan fingerprint density at radius 2 is 1.73 bits per heavy atom. The van der Waals surface area contributed by atoms with Crippen LogP contribution in [0.5, 0.6) is 17.2 Å². The number of carbonyl (C=O) groups excluding carboxylic acids is 2. The Kier molecular flexibility index (Phi) is 9.68. The number of likely N-dealkylation sites (tertiary alicyclic amines) is 1. The minimum Gasteiger partial charge on any atom is -0.507 e.